The van der Waals surface area contributed by atoms with Crippen LogP contribution in [0, 0.1) is 32.7 Å². The van der Waals surface area contributed by atoms with Crippen molar-refractivity contribution in [3.63, 3.8) is 0 Å². The lowest BCUT2D eigenvalue weighted by atomic mass is 9.96. The Kier molecular flexibility index (Phi) is 5.76. The highest BCUT2D eigenvalue weighted by molar-refractivity contribution is 7.10. The first-order valence-corrected chi connectivity index (χ1v) is 11.8. The highest BCUT2D eigenvalue weighted by atomic mass is 32.1. The van der Waals surface area contributed by atoms with E-state index in [1.165, 1.54) is 17.4 Å². The monoisotopic (exact) mass is 474 g/mol. The number of carbonyl (C=O) groups excluding carboxylic acids is 2. The van der Waals surface area contributed by atoms with E-state index in [2.05, 4.69) is 38.0 Å². The minimum absolute atomic E-state index is 0.0173. The van der Waals surface area contributed by atoms with E-state index >= 15 is 0 Å². The number of halogens is 1. The minimum Gasteiger partial charge on any atom is -0.342 e. The van der Waals surface area contributed by atoms with Crippen LogP contribution in [0.1, 0.15) is 62.0 Å². The maximum atomic E-state index is 13.5. The Morgan fingerprint density at radius 2 is 1.85 bits per heavy atom. The number of nitro groups is 1. The smallest absolute Gasteiger partial charge is 0.306 e. The second kappa shape index (κ2) is 8.16. The average molecular weight is 475 g/mol. The molecule has 1 aliphatic carbocycles. The molecule has 1 aromatic heterocycles. The summed E-state index contributed by atoms with van der Waals surface area (Å²) in [6, 6.07) is 3.19. The number of aromatic nitrogens is 1. The van der Waals surface area contributed by atoms with Crippen molar-refractivity contribution in [1.29, 1.82) is 0 Å². The molecule has 0 unspecified atom stereocenters. The third-order valence-corrected chi connectivity index (χ3v) is 8.59. The van der Waals surface area contributed by atoms with Gasteiger partial charge >= 0.3 is 5.69 Å². The molecule has 0 radical (unpaired) electrons. The Labute approximate surface area is 195 Å². The van der Waals surface area contributed by atoms with Crippen LogP contribution in [0.3, 0.4) is 0 Å². The van der Waals surface area contributed by atoms with Gasteiger partial charge in [0.15, 0.2) is 0 Å². The van der Waals surface area contributed by atoms with E-state index < -0.39 is 22.3 Å². The van der Waals surface area contributed by atoms with E-state index in [4.69, 9.17) is 0 Å². The third kappa shape index (κ3) is 4.12. The summed E-state index contributed by atoms with van der Waals surface area (Å²) in [5.74, 6) is -1.01. The lowest BCUT2D eigenvalue weighted by Crippen LogP contribution is -2.39. The molecule has 33 heavy (non-hydrogen) atoms. The number of piperidine rings is 1. The van der Waals surface area contributed by atoms with E-state index in [1.54, 1.807) is 5.38 Å². The normalized spacial score (nSPS) is 19.8. The molecule has 2 amide bonds. The molecule has 1 saturated carbocycles. The third-order valence-electron chi connectivity index (χ3n) is 7.58. The number of likely N-dealkylation sites (tertiary alicyclic amines) is 1. The van der Waals surface area contributed by atoms with Gasteiger partial charge in [-0.15, -0.1) is 11.3 Å². The molecule has 176 valence electrons. The predicted octanol–water partition coefficient (Wildman–Crippen LogP) is 4.83. The van der Waals surface area contributed by atoms with Crippen molar-refractivity contribution in [2.75, 3.05) is 18.4 Å². The molecule has 2 heterocycles. The van der Waals surface area contributed by atoms with E-state index in [9.17, 15) is 24.1 Å². The predicted molar refractivity (Wildman–Crippen MR) is 123 cm³/mol. The molecule has 2 fully saturated rings. The topological polar surface area (TPSA) is 105 Å². The summed E-state index contributed by atoms with van der Waals surface area (Å²) in [7, 11) is 0. The fourth-order valence-corrected chi connectivity index (χ4v) is 5.82. The van der Waals surface area contributed by atoms with Crippen LogP contribution in [-0.4, -0.2) is 39.7 Å². The first-order chi connectivity index (χ1) is 15.4. The van der Waals surface area contributed by atoms with E-state index in [0.29, 0.717) is 13.1 Å². The van der Waals surface area contributed by atoms with Gasteiger partial charge in [0.2, 0.25) is 11.7 Å². The zero-order valence-electron chi connectivity index (χ0n) is 19.1. The lowest BCUT2D eigenvalue weighted by molar-refractivity contribution is -0.387. The van der Waals surface area contributed by atoms with Crippen molar-refractivity contribution < 1.29 is 18.9 Å². The number of carbonyl (C=O) groups is 2. The number of hydrogen-bond acceptors (Lipinski definition) is 6. The van der Waals surface area contributed by atoms with Crippen LogP contribution in [0.2, 0.25) is 0 Å². The zero-order chi connectivity index (χ0) is 24.1. The van der Waals surface area contributed by atoms with Gasteiger partial charge in [-0.2, -0.15) is 4.39 Å². The number of rotatable bonds is 5. The van der Waals surface area contributed by atoms with E-state index in [1.807, 2.05) is 4.90 Å². The molecule has 10 heteroatoms. The van der Waals surface area contributed by atoms with Gasteiger partial charge in [-0.3, -0.25) is 19.7 Å². The van der Waals surface area contributed by atoms with Gasteiger partial charge in [-0.05, 0) is 35.8 Å². The number of thiazole rings is 1. The van der Waals surface area contributed by atoms with Crippen LogP contribution in [0.4, 0.5) is 15.8 Å². The van der Waals surface area contributed by atoms with Crippen LogP contribution < -0.4 is 5.32 Å². The van der Waals surface area contributed by atoms with Crippen molar-refractivity contribution in [3.05, 3.63) is 50.2 Å². The van der Waals surface area contributed by atoms with Gasteiger partial charge in [-0.1, -0.05) is 27.7 Å². The SMILES string of the molecule is CC1(C)C(C(=O)N2CCC(c3nc(C(=O)Nc4ccc(F)c([N+](=O)[O-])c4)cs3)CC2)C1(C)C. The number of amides is 2. The standard InChI is InChI=1S/C23H27FN4O4S/c1-22(2)18(23(22,3)4)21(30)27-9-7-13(8-10-27)20-26-16(12-33-20)19(29)25-14-5-6-15(24)17(11-14)28(31)32/h5-6,11-13,18H,7-10H2,1-4H3,(H,25,29). The van der Waals surface area contributed by atoms with Gasteiger partial charge in [0, 0.05) is 42.1 Å². The summed E-state index contributed by atoms with van der Waals surface area (Å²) in [5, 5.41) is 15.9. The fourth-order valence-electron chi connectivity index (χ4n) is 4.85. The van der Waals surface area contributed by atoms with Crippen LogP contribution in [-0.2, 0) is 4.79 Å². The zero-order valence-corrected chi connectivity index (χ0v) is 19.9. The molecule has 1 saturated heterocycles. The van der Waals surface area contributed by atoms with Crippen molar-refractivity contribution in [1.82, 2.24) is 9.88 Å². The lowest BCUT2D eigenvalue weighted by Gasteiger charge is -2.31. The summed E-state index contributed by atoms with van der Waals surface area (Å²) < 4.78 is 13.5. The molecule has 8 nitrogen and oxygen atoms in total. The molecule has 2 aliphatic rings. The maximum absolute atomic E-state index is 13.5. The Balaban J connectivity index is 1.36. The van der Waals surface area contributed by atoms with E-state index in [-0.39, 0.29) is 40.0 Å². The number of anilines is 1. The van der Waals surface area contributed by atoms with Crippen LogP contribution in [0.5, 0.6) is 0 Å². The summed E-state index contributed by atoms with van der Waals surface area (Å²) in [6.07, 6.45) is 1.58. The molecule has 0 atom stereocenters. The molecule has 0 bridgehead atoms. The van der Waals surface area contributed by atoms with Crippen molar-refractivity contribution in [2.45, 2.75) is 46.5 Å². The number of hydrogen-bond donors (Lipinski definition) is 1. The highest BCUT2D eigenvalue weighted by Crippen LogP contribution is 2.68. The molecule has 1 aromatic carbocycles. The minimum atomic E-state index is -0.965. The highest BCUT2D eigenvalue weighted by Gasteiger charge is 2.68. The maximum Gasteiger partial charge on any atom is 0.306 e. The van der Waals surface area contributed by atoms with Crippen LogP contribution in [0.15, 0.2) is 23.6 Å². The Hall–Kier alpha value is -2.88. The second-order valence-electron chi connectivity index (χ2n) is 9.92. The number of nitrogens with one attached hydrogen (secondary N) is 1. The number of nitro benzene ring substituents is 1. The fraction of sp³-hybridized carbons (Fsp3) is 0.522. The Morgan fingerprint density at radius 1 is 1.21 bits per heavy atom. The second-order valence-corrected chi connectivity index (χ2v) is 10.8. The summed E-state index contributed by atoms with van der Waals surface area (Å²) >= 11 is 1.39. The van der Waals surface area contributed by atoms with Gasteiger partial charge in [0.25, 0.3) is 5.91 Å². The number of benzene rings is 1. The first-order valence-electron chi connectivity index (χ1n) is 10.9. The molecule has 2 aromatic rings. The molecule has 1 aliphatic heterocycles. The van der Waals surface area contributed by atoms with Gasteiger partial charge in [0.1, 0.15) is 5.69 Å². The van der Waals surface area contributed by atoms with Crippen molar-refractivity contribution in [3.8, 4) is 0 Å². The largest absolute Gasteiger partial charge is 0.342 e. The average Bonchev–Trinajstić information content (AvgIpc) is 3.08. The molecular formula is C23H27FN4O4S. The van der Waals surface area contributed by atoms with E-state index in [0.717, 1.165) is 30.0 Å². The molecule has 0 spiro atoms. The van der Waals surface area contributed by atoms with Gasteiger partial charge in [0.05, 0.1) is 9.93 Å². The number of nitrogens with zero attached hydrogens (tertiary/aromatic N) is 3. The van der Waals surface area contributed by atoms with Crippen molar-refractivity contribution >= 4 is 34.5 Å². The summed E-state index contributed by atoms with van der Waals surface area (Å²) in [4.78, 5) is 42.0. The molecule has 4 rings (SSSR count). The quantitative estimate of drug-likeness (QED) is 0.494. The Morgan fingerprint density at radius 3 is 2.42 bits per heavy atom. The molecule has 1 N–H and O–H groups in total. The summed E-state index contributed by atoms with van der Waals surface area (Å²) in [6.45, 7) is 9.94. The van der Waals surface area contributed by atoms with Crippen LogP contribution in [0.25, 0.3) is 0 Å². The van der Waals surface area contributed by atoms with Crippen LogP contribution >= 0.6 is 11.3 Å². The molecular weight excluding hydrogens is 447 g/mol. The van der Waals surface area contributed by atoms with Gasteiger partial charge in [-0.25, -0.2) is 4.98 Å². The van der Waals surface area contributed by atoms with Crippen molar-refractivity contribution in [2.24, 2.45) is 16.7 Å². The van der Waals surface area contributed by atoms with Gasteiger partial charge < -0.3 is 10.2 Å². The summed E-state index contributed by atoms with van der Waals surface area (Å²) in [5.41, 5.74) is -0.333. The Bertz CT molecular complexity index is 1110. The first kappa shape index (κ1) is 23.3.